The van der Waals surface area contributed by atoms with Crippen LogP contribution in [0.3, 0.4) is 0 Å². The number of aromatic nitrogens is 3. The second-order valence-corrected chi connectivity index (χ2v) is 6.27. The van der Waals surface area contributed by atoms with Crippen LogP contribution in [0.25, 0.3) is 28.1 Å². The number of nitro benzene ring substituents is 1. The Bertz CT molecular complexity index is 1410. The highest BCUT2D eigenvalue weighted by Gasteiger charge is 2.15. The average Bonchev–Trinajstić information content (AvgIpc) is 3.19. The zero-order valence-corrected chi connectivity index (χ0v) is 15.2. The van der Waals surface area contributed by atoms with E-state index in [1.165, 1.54) is 35.1 Å². The number of aromatic amines is 2. The van der Waals surface area contributed by atoms with Gasteiger partial charge in [0, 0.05) is 35.5 Å². The third-order valence-corrected chi connectivity index (χ3v) is 4.47. The molecular formula is C20H12N5O5+. The lowest BCUT2D eigenvalue weighted by Gasteiger charge is -2.08. The zero-order chi connectivity index (χ0) is 21.3. The number of hydrogen-bond acceptors (Lipinski definition) is 6. The van der Waals surface area contributed by atoms with E-state index in [-0.39, 0.29) is 11.3 Å². The molecule has 4 aromatic rings. The largest absolute Gasteiger partial charge is 0.427 e. The fourth-order valence-electron chi connectivity index (χ4n) is 3.00. The van der Waals surface area contributed by atoms with Crippen LogP contribution in [-0.2, 0) is 0 Å². The summed E-state index contributed by atoms with van der Waals surface area (Å²) < 4.78 is 6.02. The lowest BCUT2D eigenvalue weighted by atomic mass is 9.99. The number of hydrogen-bond donors (Lipinski definition) is 2. The topological polar surface area (TPSA) is 150 Å². The summed E-state index contributed by atoms with van der Waals surface area (Å²) in [5.41, 5.74) is 1.36. The molecule has 2 aromatic heterocycles. The van der Waals surface area contributed by atoms with Crippen molar-refractivity contribution in [1.82, 2.24) is 10.3 Å². The van der Waals surface area contributed by atoms with Crippen LogP contribution in [0.2, 0.25) is 0 Å². The highest BCUT2D eigenvalue weighted by molar-refractivity contribution is 5.75. The molecule has 4 rings (SSSR count). The lowest BCUT2D eigenvalue weighted by Crippen LogP contribution is -2.31. The van der Waals surface area contributed by atoms with E-state index in [9.17, 15) is 25.0 Å². The molecular weight excluding hydrogens is 390 g/mol. The van der Waals surface area contributed by atoms with E-state index in [0.29, 0.717) is 28.1 Å². The minimum Gasteiger partial charge on any atom is -0.321 e. The number of pyridine rings is 1. The van der Waals surface area contributed by atoms with Crippen molar-refractivity contribution in [3.8, 4) is 34.1 Å². The number of nitro groups is 1. The molecule has 30 heavy (non-hydrogen) atoms. The van der Waals surface area contributed by atoms with E-state index in [1.54, 1.807) is 30.3 Å². The first-order chi connectivity index (χ1) is 14.5. The molecule has 0 radical (unpaired) electrons. The summed E-state index contributed by atoms with van der Waals surface area (Å²) in [6, 6.07) is 16.0. The van der Waals surface area contributed by atoms with Gasteiger partial charge in [0.1, 0.15) is 11.6 Å². The van der Waals surface area contributed by atoms with Crippen molar-refractivity contribution < 1.29 is 14.1 Å². The van der Waals surface area contributed by atoms with Gasteiger partial charge in [-0.15, -0.1) is 0 Å². The zero-order valence-electron chi connectivity index (χ0n) is 15.2. The fourth-order valence-corrected chi connectivity index (χ4v) is 3.00. The predicted octanol–water partition coefficient (Wildman–Crippen LogP) is 2.05. The Balaban J connectivity index is 1.78. The molecule has 2 heterocycles. The molecule has 0 saturated heterocycles. The first-order valence-corrected chi connectivity index (χ1v) is 8.59. The molecule has 2 N–H and O–H groups in total. The SMILES string of the molecule is N#Cc1c(-c2ccc([N+](=O)[O-])cc2)cc(-c2ccc(-[n+]3cc(=O)o[nH]3)cc2)[nH]c1=O. The summed E-state index contributed by atoms with van der Waals surface area (Å²) in [5, 5.41) is 22.7. The standard InChI is InChI=1S/C20H11N5O5/c21-10-17-16(12-1-7-15(8-2-12)25(28)29)9-18(22-20(17)27)13-3-5-14(6-4-13)24-11-19(26)30-23-24/h1-9,11H,(H-,22,23,26,27)/p+1. The third kappa shape index (κ3) is 3.38. The van der Waals surface area contributed by atoms with Gasteiger partial charge in [0.25, 0.3) is 17.4 Å². The van der Waals surface area contributed by atoms with Crippen molar-refractivity contribution in [2.75, 3.05) is 0 Å². The number of nitriles is 1. The highest BCUT2D eigenvalue weighted by Crippen LogP contribution is 2.27. The van der Waals surface area contributed by atoms with Gasteiger partial charge in [0.15, 0.2) is 0 Å². The maximum atomic E-state index is 12.5. The van der Waals surface area contributed by atoms with Crippen molar-refractivity contribution >= 4 is 5.69 Å². The first kappa shape index (κ1) is 18.6. The van der Waals surface area contributed by atoms with E-state index in [2.05, 4.69) is 14.8 Å². The number of non-ortho nitro benzene ring substituents is 1. The van der Waals surface area contributed by atoms with Crippen LogP contribution in [0.4, 0.5) is 5.69 Å². The van der Waals surface area contributed by atoms with E-state index in [4.69, 9.17) is 0 Å². The van der Waals surface area contributed by atoms with Gasteiger partial charge in [-0.25, -0.2) is 4.79 Å². The number of benzene rings is 2. The molecule has 10 heteroatoms. The van der Waals surface area contributed by atoms with E-state index >= 15 is 0 Å². The average molecular weight is 402 g/mol. The van der Waals surface area contributed by atoms with Crippen LogP contribution in [0.1, 0.15) is 5.56 Å². The minimum atomic E-state index is -0.569. The lowest BCUT2D eigenvalue weighted by molar-refractivity contribution is -0.670. The van der Waals surface area contributed by atoms with Gasteiger partial charge in [-0.3, -0.25) is 19.4 Å². The molecule has 10 nitrogen and oxygen atoms in total. The van der Waals surface area contributed by atoms with Crippen LogP contribution in [-0.4, -0.2) is 15.2 Å². The Morgan fingerprint density at radius 3 is 2.27 bits per heavy atom. The van der Waals surface area contributed by atoms with Crippen LogP contribution >= 0.6 is 0 Å². The number of H-pyrrole nitrogens is 2. The quantitative estimate of drug-likeness (QED) is 0.303. The summed E-state index contributed by atoms with van der Waals surface area (Å²) in [4.78, 5) is 36.6. The summed E-state index contributed by atoms with van der Waals surface area (Å²) in [6.07, 6.45) is 1.24. The Kier molecular flexibility index (Phi) is 4.54. The summed E-state index contributed by atoms with van der Waals surface area (Å²) in [7, 11) is 0. The Morgan fingerprint density at radius 2 is 1.70 bits per heavy atom. The molecule has 2 aromatic carbocycles. The van der Waals surface area contributed by atoms with Crippen LogP contribution in [0.5, 0.6) is 0 Å². The Hall–Kier alpha value is -4.78. The van der Waals surface area contributed by atoms with Crippen LogP contribution in [0.15, 0.2) is 74.9 Å². The van der Waals surface area contributed by atoms with Gasteiger partial charge in [-0.2, -0.15) is 5.26 Å². The molecule has 0 bridgehead atoms. The Morgan fingerprint density at radius 1 is 1.03 bits per heavy atom. The van der Waals surface area contributed by atoms with Gasteiger partial charge in [0.2, 0.25) is 5.69 Å². The van der Waals surface area contributed by atoms with Gasteiger partial charge >= 0.3 is 5.63 Å². The molecule has 0 spiro atoms. The maximum absolute atomic E-state index is 12.5. The van der Waals surface area contributed by atoms with Gasteiger partial charge in [-0.05, 0) is 51.4 Å². The van der Waals surface area contributed by atoms with Crippen molar-refractivity contribution in [2.24, 2.45) is 0 Å². The van der Waals surface area contributed by atoms with Gasteiger partial charge in [-0.1, -0.05) is 0 Å². The second kappa shape index (κ2) is 7.33. The first-order valence-electron chi connectivity index (χ1n) is 8.59. The van der Waals surface area contributed by atoms with Crippen molar-refractivity contribution in [2.45, 2.75) is 0 Å². The molecule has 0 unspecified atom stereocenters. The molecule has 0 aliphatic rings. The monoisotopic (exact) mass is 402 g/mol. The summed E-state index contributed by atoms with van der Waals surface area (Å²) in [5.74, 6) is 0. The molecule has 0 aliphatic heterocycles. The van der Waals surface area contributed by atoms with Crippen LogP contribution < -0.4 is 15.9 Å². The van der Waals surface area contributed by atoms with Crippen molar-refractivity contribution in [3.63, 3.8) is 0 Å². The maximum Gasteiger partial charge on any atom is 0.427 e. The third-order valence-electron chi connectivity index (χ3n) is 4.47. The molecule has 0 amide bonds. The normalized spacial score (nSPS) is 10.5. The summed E-state index contributed by atoms with van der Waals surface area (Å²) in [6.45, 7) is 0. The highest BCUT2D eigenvalue weighted by atomic mass is 16.6. The van der Waals surface area contributed by atoms with E-state index < -0.39 is 16.1 Å². The molecule has 0 atom stereocenters. The van der Waals surface area contributed by atoms with Crippen molar-refractivity contribution in [1.29, 1.82) is 5.26 Å². The number of nitrogens with one attached hydrogen (secondary N) is 2. The molecule has 0 aliphatic carbocycles. The second-order valence-electron chi connectivity index (χ2n) is 6.27. The smallest absolute Gasteiger partial charge is 0.321 e. The number of rotatable bonds is 4. The predicted molar refractivity (Wildman–Crippen MR) is 104 cm³/mol. The minimum absolute atomic E-state index is 0.0873. The van der Waals surface area contributed by atoms with Crippen LogP contribution in [0, 0.1) is 21.4 Å². The molecule has 0 fully saturated rings. The summed E-state index contributed by atoms with van der Waals surface area (Å²) >= 11 is 0. The van der Waals surface area contributed by atoms with Crippen molar-refractivity contribution in [3.05, 3.63) is 97.2 Å². The van der Waals surface area contributed by atoms with Gasteiger partial charge < -0.3 is 4.98 Å². The molecule has 0 saturated carbocycles. The van der Waals surface area contributed by atoms with E-state index in [0.717, 1.165) is 0 Å². The van der Waals surface area contributed by atoms with Gasteiger partial charge in [0.05, 0.1) is 4.92 Å². The Labute approximate surface area is 167 Å². The molecule has 146 valence electrons. The van der Waals surface area contributed by atoms with E-state index in [1.807, 2.05) is 6.07 Å². The fraction of sp³-hybridized carbons (Fsp3) is 0. The number of nitrogens with zero attached hydrogens (tertiary/aromatic N) is 3.